The van der Waals surface area contributed by atoms with Gasteiger partial charge in [0.15, 0.2) is 0 Å². The molecule has 29 heavy (non-hydrogen) atoms. The van der Waals surface area contributed by atoms with Gasteiger partial charge in [-0.2, -0.15) is 0 Å². The normalized spacial score (nSPS) is 18.2. The Balaban J connectivity index is 1.60. The first-order valence-corrected chi connectivity index (χ1v) is 10.3. The van der Waals surface area contributed by atoms with Crippen molar-refractivity contribution in [2.24, 2.45) is 4.99 Å². The summed E-state index contributed by atoms with van der Waals surface area (Å²) in [6, 6.07) is 14.9. The Labute approximate surface area is 171 Å². The Kier molecular flexibility index (Phi) is 5.71. The van der Waals surface area contributed by atoms with Crippen molar-refractivity contribution >= 4 is 28.9 Å². The molecule has 2 amide bonds. The third-order valence-electron chi connectivity index (χ3n) is 5.40. The van der Waals surface area contributed by atoms with E-state index < -0.39 is 0 Å². The van der Waals surface area contributed by atoms with Crippen molar-refractivity contribution in [3.05, 3.63) is 59.7 Å². The van der Waals surface area contributed by atoms with Crippen LogP contribution in [-0.4, -0.2) is 48.7 Å². The van der Waals surface area contributed by atoms with Gasteiger partial charge in [0.2, 0.25) is 0 Å². The van der Waals surface area contributed by atoms with E-state index >= 15 is 0 Å². The van der Waals surface area contributed by atoms with E-state index in [1.54, 1.807) is 24.3 Å². The fourth-order valence-electron chi connectivity index (χ4n) is 3.89. The SMILES string of the molecule is CCNC(=O)c1ccc(N=C2C(=O)N(CN3CCCCC3)c3ccccc32)cc1. The summed E-state index contributed by atoms with van der Waals surface area (Å²) < 4.78 is 0. The second-order valence-corrected chi connectivity index (χ2v) is 7.44. The Bertz CT molecular complexity index is 930. The molecule has 0 aliphatic carbocycles. The fraction of sp³-hybridized carbons (Fsp3) is 0.348. The van der Waals surface area contributed by atoms with Crippen LogP contribution in [0.2, 0.25) is 0 Å². The summed E-state index contributed by atoms with van der Waals surface area (Å²) in [5.74, 6) is -0.175. The highest BCUT2D eigenvalue weighted by Gasteiger charge is 2.34. The van der Waals surface area contributed by atoms with E-state index in [-0.39, 0.29) is 11.8 Å². The highest BCUT2D eigenvalue weighted by molar-refractivity contribution is 6.54. The standard InChI is InChI=1S/C23H26N4O2/c1-2-24-22(28)17-10-12-18(13-11-17)25-21-19-8-4-5-9-20(19)27(23(21)29)16-26-14-6-3-7-15-26/h4-5,8-13H,2-3,6-7,14-16H2,1H3,(H,24,28). The maximum atomic E-state index is 13.2. The molecule has 6 nitrogen and oxygen atoms in total. The topological polar surface area (TPSA) is 65.0 Å². The zero-order chi connectivity index (χ0) is 20.2. The highest BCUT2D eigenvalue weighted by Crippen LogP contribution is 2.31. The molecule has 0 unspecified atom stereocenters. The predicted molar refractivity (Wildman–Crippen MR) is 115 cm³/mol. The lowest BCUT2D eigenvalue weighted by atomic mass is 10.1. The van der Waals surface area contributed by atoms with Crippen molar-refractivity contribution in [2.75, 3.05) is 31.2 Å². The van der Waals surface area contributed by atoms with Gasteiger partial charge in [0.1, 0.15) is 5.71 Å². The number of rotatable bonds is 5. The van der Waals surface area contributed by atoms with Crippen LogP contribution >= 0.6 is 0 Å². The van der Waals surface area contributed by atoms with Crippen molar-refractivity contribution in [2.45, 2.75) is 26.2 Å². The van der Waals surface area contributed by atoms with Crippen LogP contribution in [0.1, 0.15) is 42.1 Å². The van der Waals surface area contributed by atoms with Crippen molar-refractivity contribution in [1.29, 1.82) is 0 Å². The number of likely N-dealkylation sites (tertiary alicyclic amines) is 1. The lowest BCUT2D eigenvalue weighted by Gasteiger charge is -2.30. The van der Waals surface area contributed by atoms with Gasteiger partial charge in [-0.1, -0.05) is 24.6 Å². The number of benzene rings is 2. The molecular weight excluding hydrogens is 364 g/mol. The van der Waals surface area contributed by atoms with Crippen LogP contribution in [0, 0.1) is 0 Å². The molecule has 0 saturated carbocycles. The smallest absolute Gasteiger partial charge is 0.278 e. The van der Waals surface area contributed by atoms with Gasteiger partial charge < -0.3 is 5.32 Å². The molecule has 1 saturated heterocycles. The van der Waals surface area contributed by atoms with E-state index in [4.69, 9.17) is 0 Å². The highest BCUT2D eigenvalue weighted by atomic mass is 16.2. The van der Waals surface area contributed by atoms with Gasteiger partial charge in [0.05, 0.1) is 18.0 Å². The fourth-order valence-corrected chi connectivity index (χ4v) is 3.89. The molecule has 2 aromatic rings. The first-order valence-electron chi connectivity index (χ1n) is 10.3. The molecule has 1 N–H and O–H groups in total. The number of nitrogens with one attached hydrogen (secondary N) is 1. The summed E-state index contributed by atoms with van der Waals surface area (Å²) in [6.07, 6.45) is 3.63. The molecule has 4 rings (SSSR count). The van der Waals surface area contributed by atoms with Gasteiger partial charge in [-0.15, -0.1) is 0 Å². The number of hydrogen-bond donors (Lipinski definition) is 1. The van der Waals surface area contributed by atoms with Crippen LogP contribution in [0.5, 0.6) is 0 Å². The van der Waals surface area contributed by atoms with E-state index in [1.165, 1.54) is 19.3 Å². The molecule has 1 fully saturated rings. The van der Waals surface area contributed by atoms with Gasteiger partial charge in [-0.3, -0.25) is 19.4 Å². The number of amides is 2. The second kappa shape index (κ2) is 8.57. The summed E-state index contributed by atoms with van der Waals surface area (Å²) in [5, 5.41) is 2.78. The minimum atomic E-state index is -0.110. The molecule has 0 radical (unpaired) electrons. The Morgan fingerprint density at radius 3 is 2.48 bits per heavy atom. The molecule has 6 heteroatoms. The van der Waals surface area contributed by atoms with E-state index in [0.717, 1.165) is 24.3 Å². The van der Waals surface area contributed by atoms with Crippen LogP contribution in [-0.2, 0) is 4.79 Å². The van der Waals surface area contributed by atoms with Crippen molar-refractivity contribution in [3.63, 3.8) is 0 Å². The van der Waals surface area contributed by atoms with E-state index in [9.17, 15) is 9.59 Å². The summed E-state index contributed by atoms with van der Waals surface area (Å²) in [5.41, 5.74) is 3.49. The monoisotopic (exact) mass is 390 g/mol. The largest absolute Gasteiger partial charge is 0.352 e. The van der Waals surface area contributed by atoms with E-state index in [0.29, 0.717) is 30.2 Å². The summed E-state index contributed by atoms with van der Waals surface area (Å²) in [4.78, 5) is 34.0. The molecule has 0 atom stereocenters. The number of carbonyl (C=O) groups is 2. The maximum absolute atomic E-state index is 13.2. The quantitative estimate of drug-likeness (QED) is 0.852. The zero-order valence-electron chi connectivity index (χ0n) is 16.7. The predicted octanol–water partition coefficient (Wildman–Crippen LogP) is 3.35. The zero-order valence-corrected chi connectivity index (χ0v) is 16.7. The Morgan fingerprint density at radius 1 is 1.03 bits per heavy atom. The van der Waals surface area contributed by atoms with Crippen LogP contribution in [0.15, 0.2) is 53.5 Å². The summed E-state index contributed by atoms with van der Waals surface area (Å²) in [6.45, 7) is 5.13. The van der Waals surface area contributed by atoms with Crippen molar-refractivity contribution in [1.82, 2.24) is 10.2 Å². The number of hydrogen-bond acceptors (Lipinski definition) is 4. The van der Waals surface area contributed by atoms with Gasteiger partial charge in [-0.25, -0.2) is 4.99 Å². The van der Waals surface area contributed by atoms with Gasteiger partial charge >= 0.3 is 0 Å². The average molecular weight is 390 g/mol. The Hall–Kier alpha value is -2.99. The third kappa shape index (κ3) is 4.07. The van der Waals surface area contributed by atoms with Crippen LogP contribution in [0.25, 0.3) is 0 Å². The molecule has 150 valence electrons. The number of nitrogens with zero attached hydrogens (tertiary/aromatic N) is 3. The number of anilines is 1. The molecule has 0 aromatic heterocycles. The van der Waals surface area contributed by atoms with E-state index in [1.807, 2.05) is 36.1 Å². The average Bonchev–Trinajstić information content (AvgIpc) is 3.01. The molecule has 2 aromatic carbocycles. The number of fused-ring (bicyclic) bond motifs is 1. The number of para-hydroxylation sites is 1. The van der Waals surface area contributed by atoms with Gasteiger partial charge in [0.25, 0.3) is 11.8 Å². The van der Waals surface area contributed by atoms with Gasteiger partial charge in [-0.05, 0) is 63.2 Å². The molecule has 0 spiro atoms. The van der Waals surface area contributed by atoms with Crippen LogP contribution < -0.4 is 10.2 Å². The lowest BCUT2D eigenvalue weighted by Crippen LogP contribution is -2.43. The first-order chi connectivity index (χ1) is 14.2. The maximum Gasteiger partial charge on any atom is 0.278 e. The minimum absolute atomic E-state index is 0.0652. The molecule has 0 bridgehead atoms. The summed E-state index contributed by atoms with van der Waals surface area (Å²) >= 11 is 0. The first kappa shape index (κ1) is 19.3. The van der Waals surface area contributed by atoms with Gasteiger partial charge in [0, 0.05) is 17.7 Å². The van der Waals surface area contributed by atoms with Crippen molar-refractivity contribution < 1.29 is 9.59 Å². The lowest BCUT2D eigenvalue weighted by molar-refractivity contribution is -0.112. The molecule has 2 heterocycles. The van der Waals surface area contributed by atoms with Crippen LogP contribution in [0.3, 0.4) is 0 Å². The minimum Gasteiger partial charge on any atom is -0.352 e. The van der Waals surface area contributed by atoms with Crippen LogP contribution in [0.4, 0.5) is 11.4 Å². The number of piperidine rings is 1. The van der Waals surface area contributed by atoms with E-state index in [2.05, 4.69) is 15.2 Å². The molecule has 2 aliphatic heterocycles. The number of carbonyl (C=O) groups excluding carboxylic acids is 2. The third-order valence-corrected chi connectivity index (χ3v) is 5.40. The second-order valence-electron chi connectivity index (χ2n) is 7.44. The number of aliphatic imine (C=N–C) groups is 1. The van der Waals surface area contributed by atoms with Crippen molar-refractivity contribution in [3.8, 4) is 0 Å². The summed E-state index contributed by atoms with van der Waals surface area (Å²) in [7, 11) is 0. The molecule has 2 aliphatic rings. The molecular formula is C23H26N4O2. The Morgan fingerprint density at radius 2 is 1.76 bits per heavy atom.